The molecule has 0 aromatic carbocycles. The number of furan rings is 1. The summed E-state index contributed by atoms with van der Waals surface area (Å²) in [5.41, 5.74) is 0. The Labute approximate surface area is 92.4 Å². The molecule has 3 nitrogen and oxygen atoms in total. The molecule has 1 rings (SSSR count). The monoisotopic (exact) mass is 214 g/mol. The van der Waals surface area contributed by atoms with E-state index in [1.807, 2.05) is 39.8 Å². The minimum absolute atomic E-state index is 0.588. The molecule has 0 saturated carbocycles. The van der Waals surface area contributed by atoms with Gasteiger partial charge in [0.05, 0.1) is 0 Å². The summed E-state index contributed by atoms with van der Waals surface area (Å²) in [6.07, 6.45) is 0. The van der Waals surface area contributed by atoms with Crippen LogP contribution in [0.25, 0.3) is 0 Å². The van der Waals surface area contributed by atoms with E-state index in [9.17, 15) is 0 Å². The second-order valence-corrected chi connectivity index (χ2v) is 2.93. The van der Waals surface area contributed by atoms with Crippen LogP contribution in [0.4, 0.5) is 0 Å². The molecule has 0 saturated heterocycles. The largest absolute Gasteiger partial charge is 0.464 e. The summed E-state index contributed by atoms with van der Waals surface area (Å²) in [5, 5.41) is 0. The summed E-state index contributed by atoms with van der Waals surface area (Å²) >= 11 is 0. The lowest BCUT2D eigenvalue weighted by molar-refractivity contribution is 0.117. The molecule has 0 radical (unpaired) electrons. The fraction of sp³-hybridized carbons (Fsp3) is 0.667. The standard InChI is InChI=1S/C8H12O2.C4H10O/c1-3-9-6-8-5-4-7(2)10-8;1-3-5-4-2/h4-5H,3,6H2,1-2H3;3-4H2,1-2H3. The number of aryl methyl sites for hydroxylation is 1. The van der Waals surface area contributed by atoms with Gasteiger partial charge in [0.25, 0.3) is 0 Å². The third-order valence-corrected chi connectivity index (χ3v) is 1.65. The Bertz CT molecular complexity index is 229. The van der Waals surface area contributed by atoms with Crippen molar-refractivity contribution in [2.75, 3.05) is 19.8 Å². The number of rotatable bonds is 5. The first-order valence-electron chi connectivity index (χ1n) is 5.45. The molecule has 0 bridgehead atoms. The summed E-state index contributed by atoms with van der Waals surface area (Å²) in [6.45, 7) is 10.9. The first kappa shape index (κ1) is 14.2. The van der Waals surface area contributed by atoms with Crippen molar-refractivity contribution in [3.63, 3.8) is 0 Å². The zero-order chi connectivity index (χ0) is 11.5. The highest BCUT2D eigenvalue weighted by Crippen LogP contribution is 2.06. The molecule has 0 amide bonds. The van der Waals surface area contributed by atoms with E-state index in [-0.39, 0.29) is 0 Å². The van der Waals surface area contributed by atoms with Crippen LogP contribution in [0.1, 0.15) is 32.3 Å². The molecule has 0 aliphatic heterocycles. The second-order valence-electron chi connectivity index (χ2n) is 2.93. The van der Waals surface area contributed by atoms with Crippen molar-refractivity contribution < 1.29 is 13.9 Å². The lowest BCUT2D eigenvalue weighted by Gasteiger charge is -1.94. The Hall–Kier alpha value is -0.800. The summed E-state index contributed by atoms with van der Waals surface area (Å²) in [4.78, 5) is 0. The van der Waals surface area contributed by atoms with E-state index < -0.39 is 0 Å². The molecule has 1 heterocycles. The van der Waals surface area contributed by atoms with Gasteiger partial charge < -0.3 is 13.9 Å². The molecule has 0 unspecified atom stereocenters. The van der Waals surface area contributed by atoms with E-state index in [0.29, 0.717) is 6.61 Å². The predicted molar refractivity (Wildman–Crippen MR) is 60.9 cm³/mol. The average Bonchev–Trinajstić information content (AvgIpc) is 2.63. The molecular weight excluding hydrogens is 192 g/mol. The Balaban J connectivity index is 0.000000336. The van der Waals surface area contributed by atoms with Crippen LogP contribution in [0, 0.1) is 6.92 Å². The third-order valence-electron chi connectivity index (χ3n) is 1.65. The summed E-state index contributed by atoms with van der Waals surface area (Å²) in [7, 11) is 0. The lowest BCUT2D eigenvalue weighted by atomic mass is 10.4. The van der Waals surface area contributed by atoms with Gasteiger partial charge in [-0.1, -0.05) is 0 Å². The first-order valence-corrected chi connectivity index (χ1v) is 5.45. The van der Waals surface area contributed by atoms with Crippen molar-refractivity contribution in [1.29, 1.82) is 0 Å². The summed E-state index contributed by atoms with van der Waals surface area (Å²) in [6, 6.07) is 3.87. The van der Waals surface area contributed by atoms with Crippen LogP contribution in [0.5, 0.6) is 0 Å². The molecule has 88 valence electrons. The van der Waals surface area contributed by atoms with Crippen molar-refractivity contribution in [2.45, 2.75) is 34.3 Å². The van der Waals surface area contributed by atoms with E-state index in [0.717, 1.165) is 31.3 Å². The van der Waals surface area contributed by atoms with Crippen LogP contribution < -0.4 is 0 Å². The van der Waals surface area contributed by atoms with Crippen molar-refractivity contribution in [2.24, 2.45) is 0 Å². The Kier molecular flexibility index (Phi) is 9.22. The zero-order valence-corrected chi connectivity index (χ0v) is 10.2. The van der Waals surface area contributed by atoms with E-state index >= 15 is 0 Å². The molecule has 3 heteroatoms. The van der Waals surface area contributed by atoms with Gasteiger partial charge in [-0.05, 0) is 39.8 Å². The molecule has 0 spiro atoms. The van der Waals surface area contributed by atoms with Gasteiger partial charge >= 0.3 is 0 Å². The number of ether oxygens (including phenoxy) is 2. The van der Waals surface area contributed by atoms with Crippen LogP contribution in [0.15, 0.2) is 16.5 Å². The quantitative estimate of drug-likeness (QED) is 0.754. The van der Waals surface area contributed by atoms with Crippen molar-refractivity contribution >= 4 is 0 Å². The third kappa shape index (κ3) is 8.21. The highest BCUT2D eigenvalue weighted by Gasteiger charge is 1.95. The first-order chi connectivity index (χ1) is 7.24. The molecular formula is C12H22O3. The predicted octanol–water partition coefficient (Wildman–Crippen LogP) is 3.17. The van der Waals surface area contributed by atoms with Gasteiger partial charge in [-0.2, -0.15) is 0 Å². The molecule has 0 atom stereocenters. The van der Waals surface area contributed by atoms with Crippen molar-refractivity contribution in [3.8, 4) is 0 Å². The highest BCUT2D eigenvalue weighted by molar-refractivity contribution is 5.04. The Morgan fingerprint density at radius 2 is 1.60 bits per heavy atom. The maximum Gasteiger partial charge on any atom is 0.129 e. The normalized spacial score (nSPS) is 9.60. The van der Waals surface area contributed by atoms with Crippen LogP contribution in [0.3, 0.4) is 0 Å². The maximum absolute atomic E-state index is 5.26. The minimum atomic E-state index is 0.588. The van der Waals surface area contributed by atoms with Gasteiger partial charge in [-0.3, -0.25) is 0 Å². The zero-order valence-electron chi connectivity index (χ0n) is 10.2. The van der Waals surface area contributed by atoms with E-state index in [4.69, 9.17) is 13.9 Å². The number of hydrogen-bond donors (Lipinski definition) is 0. The van der Waals surface area contributed by atoms with Gasteiger partial charge in [0.15, 0.2) is 0 Å². The smallest absolute Gasteiger partial charge is 0.129 e. The fourth-order valence-corrected chi connectivity index (χ4v) is 0.969. The van der Waals surface area contributed by atoms with Gasteiger partial charge in [0.1, 0.15) is 18.1 Å². The van der Waals surface area contributed by atoms with Gasteiger partial charge in [0.2, 0.25) is 0 Å². The maximum atomic E-state index is 5.26. The van der Waals surface area contributed by atoms with Crippen LogP contribution in [-0.2, 0) is 16.1 Å². The average molecular weight is 214 g/mol. The van der Waals surface area contributed by atoms with Gasteiger partial charge in [-0.25, -0.2) is 0 Å². The number of hydrogen-bond acceptors (Lipinski definition) is 3. The summed E-state index contributed by atoms with van der Waals surface area (Å²) in [5.74, 6) is 1.84. The second kappa shape index (κ2) is 9.74. The van der Waals surface area contributed by atoms with Crippen molar-refractivity contribution in [3.05, 3.63) is 23.7 Å². The molecule has 0 aliphatic carbocycles. The van der Waals surface area contributed by atoms with E-state index in [2.05, 4.69) is 0 Å². The van der Waals surface area contributed by atoms with E-state index in [1.54, 1.807) is 0 Å². The fourth-order valence-electron chi connectivity index (χ4n) is 0.969. The highest BCUT2D eigenvalue weighted by atomic mass is 16.5. The van der Waals surface area contributed by atoms with Crippen molar-refractivity contribution in [1.82, 2.24) is 0 Å². The topological polar surface area (TPSA) is 31.6 Å². The Morgan fingerprint density at radius 1 is 1.00 bits per heavy atom. The molecule has 1 aromatic rings. The Morgan fingerprint density at radius 3 is 1.93 bits per heavy atom. The lowest BCUT2D eigenvalue weighted by Crippen LogP contribution is -1.88. The van der Waals surface area contributed by atoms with Gasteiger partial charge in [0, 0.05) is 19.8 Å². The minimum Gasteiger partial charge on any atom is -0.464 e. The van der Waals surface area contributed by atoms with E-state index in [1.165, 1.54) is 0 Å². The van der Waals surface area contributed by atoms with Crippen LogP contribution in [-0.4, -0.2) is 19.8 Å². The summed E-state index contributed by atoms with van der Waals surface area (Å²) < 4.78 is 15.2. The molecule has 0 N–H and O–H groups in total. The van der Waals surface area contributed by atoms with Crippen LogP contribution in [0.2, 0.25) is 0 Å². The molecule has 0 fully saturated rings. The SMILES string of the molecule is CCOCC.CCOCc1ccc(C)o1. The molecule has 1 aromatic heterocycles. The molecule has 0 aliphatic rings. The molecule has 15 heavy (non-hydrogen) atoms. The van der Waals surface area contributed by atoms with Crippen LogP contribution >= 0.6 is 0 Å². The van der Waals surface area contributed by atoms with Gasteiger partial charge in [-0.15, -0.1) is 0 Å².